The van der Waals surface area contributed by atoms with Crippen LogP contribution in [0.4, 0.5) is 4.39 Å². The third-order valence-electron chi connectivity index (χ3n) is 5.38. The molecule has 6 nitrogen and oxygen atoms in total. The van der Waals surface area contributed by atoms with Crippen LogP contribution in [0.2, 0.25) is 0 Å². The largest absolute Gasteiger partial charge is 0.612 e. The average Bonchev–Trinajstić information content (AvgIpc) is 3.01. The molecule has 0 saturated carbocycles. The predicted octanol–water partition coefficient (Wildman–Crippen LogP) is 4.13. The van der Waals surface area contributed by atoms with Crippen LogP contribution in [0.15, 0.2) is 52.9 Å². The highest BCUT2D eigenvalue weighted by molar-refractivity contribution is 8.13. The Bertz CT molecular complexity index is 1190. The second-order valence-corrected chi connectivity index (χ2v) is 10.3. The van der Waals surface area contributed by atoms with Crippen LogP contribution in [-0.4, -0.2) is 44.7 Å². The lowest BCUT2D eigenvalue weighted by Crippen LogP contribution is -2.41. The van der Waals surface area contributed by atoms with Crippen molar-refractivity contribution in [1.82, 2.24) is 5.32 Å². The van der Waals surface area contributed by atoms with Crippen LogP contribution in [0.3, 0.4) is 0 Å². The smallest absolute Gasteiger partial charge is 0.327 e. The number of halogens is 1. The Hall–Kier alpha value is -2.88. The Kier molecular flexibility index (Phi) is 8.35. The van der Waals surface area contributed by atoms with Crippen molar-refractivity contribution in [2.75, 3.05) is 12.0 Å². The predicted molar refractivity (Wildman–Crippen MR) is 133 cm³/mol. The maximum absolute atomic E-state index is 14.1. The number of hydrogen-bond donors (Lipinski definition) is 2. The molecule has 2 aromatic carbocycles. The number of rotatable bonds is 8. The average molecular weight is 502 g/mol. The van der Waals surface area contributed by atoms with E-state index in [1.54, 1.807) is 24.5 Å². The zero-order valence-corrected chi connectivity index (χ0v) is 20.5. The van der Waals surface area contributed by atoms with E-state index in [0.29, 0.717) is 16.0 Å². The summed E-state index contributed by atoms with van der Waals surface area (Å²) in [5, 5.41) is 11.3. The summed E-state index contributed by atoms with van der Waals surface area (Å²) in [4.78, 5) is 35.9. The van der Waals surface area contributed by atoms with Crippen LogP contribution < -0.4 is 5.32 Å². The molecule has 1 aliphatic rings. The van der Waals surface area contributed by atoms with E-state index < -0.39 is 34.9 Å². The minimum absolute atomic E-state index is 0.00947. The van der Waals surface area contributed by atoms with Crippen LogP contribution >= 0.6 is 11.8 Å². The van der Waals surface area contributed by atoms with E-state index in [-0.39, 0.29) is 17.3 Å². The van der Waals surface area contributed by atoms with E-state index in [2.05, 4.69) is 5.32 Å². The van der Waals surface area contributed by atoms with Gasteiger partial charge in [-0.25, -0.2) is 9.18 Å². The maximum atomic E-state index is 14.1. The summed E-state index contributed by atoms with van der Waals surface area (Å²) in [6.45, 7) is 3.08. The van der Waals surface area contributed by atoms with Crippen molar-refractivity contribution in [1.29, 1.82) is 0 Å². The van der Waals surface area contributed by atoms with Crippen molar-refractivity contribution in [3.8, 4) is 0 Å². The van der Waals surface area contributed by atoms with Gasteiger partial charge in [-0.15, -0.1) is 0 Å². The molecule has 2 N–H and O–H groups in total. The zero-order valence-electron chi connectivity index (χ0n) is 18.9. The minimum Gasteiger partial charge on any atom is -0.612 e. The summed E-state index contributed by atoms with van der Waals surface area (Å²) in [7, 11) is 0. The van der Waals surface area contributed by atoms with Crippen molar-refractivity contribution in [2.45, 2.75) is 31.2 Å². The first kappa shape index (κ1) is 25.7. The standard InChI is InChI=1S/C25H24FNO5S2/c1-14-20(10-16-4-7-18(8-5-16)34(3)32)19-9-6-17(26)11-22(19)21(14)12-24(29)33-13-23(25(30)31)27-15(2)28/h4-11,23H,12-13H2,1-3H3,(H,27,28)(H,30,31)/b20-10-/t23-,34?/m1/s1. The van der Waals surface area contributed by atoms with Crippen molar-refractivity contribution >= 4 is 57.2 Å². The number of allylic oxidation sites excluding steroid dienone is 3. The third kappa shape index (κ3) is 6.16. The van der Waals surface area contributed by atoms with Gasteiger partial charge in [-0.2, -0.15) is 0 Å². The molecule has 2 aromatic rings. The fourth-order valence-corrected chi connectivity index (χ4v) is 5.04. The first-order chi connectivity index (χ1) is 16.1. The number of carboxylic acid groups (broad SMARTS) is 1. The molecule has 1 unspecified atom stereocenters. The molecule has 178 valence electrons. The highest BCUT2D eigenvalue weighted by atomic mass is 32.2. The molecule has 9 heteroatoms. The molecule has 0 fully saturated rings. The number of carboxylic acids is 1. The summed E-state index contributed by atoms with van der Waals surface area (Å²) in [5.74, 6) is -2.24. The van der Waals surface area contributed by atoms with Gasteiger partial charge in [0.2, 0.25) is 5.91 Å². The molecule has 0 saturated heterocycles. The van der Waals surface area contributed by atoms with Gasteiger partial charge < -0.3 is 15.0 Å². The van der Waals surface area contributed by atoms with E-state index in [1.807, 2.05) is 25.1 Å². The number of thioether (sulfide) groups is 1. The first-order valence-corrected chi connectivity index (χ1v) is 12.9. The van der Waals surface area contributed by atoms with Gasteiger partial charge in [0.05, 0.1) is 0 Å². The van der Waals surface area contributed by atoms with Gasteiger partial charge in [0.15, 0.2) is 10.0 Å². The SMILES string of the molecule is CC(=O)N[C@H](CSC(=O)CC1=C(C)/C(=C/c2ccc([S+](C)[O-])cc2)c2ccc(F)cc21)C(=O)O. The monoisotopic (exact) mass is 501 g/mol. The highest BCUT2D eigenvalue weighted by Gasteiger charge is 2.27. The summed E-state index contributed by atoms with van der Waals surface area (Å²) in [6.07, 6.45) is 3.54. The summed E-state index contributed by atoms with van der Waals surface area (Å²) in [5.41, 5.74) is 4.66. The quantitative estimate of drug-likeness (QED) is 0.527. The van der Waals surface area contributed by atoms with Crippen molar-refractivity contribution in [3.05, 3.63) is 70.5 Å². The van der Waals surface area contributed by atoms with Gasteiger partial charge >= 0.3 is 5.97 Å². The molecule has 2 atom stereocenters. The van der Waals surface area contributed by atoms with E-state index in [1.165, 1.54) is 19.1 Å². The van der Waals surface area contributed by atoms with Gasteiger partial charge in [-0.05, 0) is 94.0 Å². The lowest BCUT2D eigenvalue weighted by atomic mass is 10.0. The minimum atomic E-state index is -1.22. The lowest BCUT2D eigenvalue weighted by molar-refractivity contribution is -0.140. The molecule has 34 heavy (non-hydrogen) atoms. The number of benzene rings is 2. The highest BCUT2D eigenvalue weighted by Crippen LogP contribution is 2.44. The van der Waals surface area contributed by atoms with Crippen LogP contribution in [-0.2, 0) is 25.6 Å². The number of carbonyl (C=O) groups is 3. The summed E-state index contributed by atoms with van der Waals surface area (Å²) in [6, 6.07) is 10.6. The second-order valence-electron chi connectivity index (χ2n) is 7.83. The third-order valence-corrected chi connectivity index (χ3v) is 7.29. The van der Waals surface area contributed by atoms with E-state index in [4.69, 9.17) is 0 Å². The molecule has 3 rings (SSSR count). The number of amides is 1. The number of carbonyl (C=O) groups excluding carboxylic acids is 2. The number of hydrogen-bond acceptors (Lipinski definition) is 5. The Labute approximate surface area is 204 Å². The number of aliphatic carboxylic acids is 1. The Morgan fingerprint density at radius 2 is 1.85 bits per heavy atom. The molecule has 0 bridgehead atoms. The molecular formula is C25H24FNO5S2. The lowest BCUT2D eigenvalue weighted by Gasteiger charge is -2.12. The maximum Gasteiger partial charge on any atom is 0.327 e. The van der Waals surface area contributed by atoms with Gasteiger partial charge in [-0.3, -0.25) is 9.59 Å². The Morgan fingerprint density at radius 3 is 2.44 bits per heavy atom. The van der Waals surface area contributed by atoms with Gasteiger partial charge in [0, 0.05) is 19.1 Å². The molecule has 0 aromatic heterocycles. The zero-order chi connectivity index (χ0) is 25.0. The Balaban J connectivity index is 1.86. The molecule has 1 aliphatic carbocycles. The van der Waals surface area contributed by atoms with Crippen LogP contribution in [0.1, 0.15) is 37.0 Å². The first-order valence-electron chi connectivity index (χ1n) is 10.4. The molecule has 1 amide bonds. The molecule has 0 spiro atoms. The molecular weight excluding hydrogens is 477 g/mol. The number of fused-ring (bicyclic) bond motifs is 1. The van der Waals surface area contributed by atoms with Crippen molar-refractivity contribution in [2.24, 2.45) is 0 Å². The van der Waals surface area contributed by atoms with Crippen molar-refractivity contribution in [3.63, 3.8) is 0 Å². The molecule has 0 heterocycles. The van der Waals surface area contributed by atoms with Gasteiger partial charge in [0.1, 0.15) is 18.1 Å². The van der Waals surface area contributed by atoms with Gasteiger partial charge in [0.25, 0.3) is 0 Å². The fraction of sp³-hybridized carbons (Fsp3) is 0.240. The van der Waals surface area contributed by atoms with Crippen molar-refractivity contribution < 1.29 is 28.4 Å². The summed E-state index contributed by atoms with van der Waals surface area (Å²) < 4.78 is 25.7. The molecule has 0 radical (unpaired) electrons. The second kappa shape index (κ2) is 11.0. The topological polar surface area (TPSA) is 107 Å². The van der Waals surface area contributed by atoms with E-state index in [0.717, 1.165) is 34.0 Å². The van der Waals surface area contributed by atoms with E-state index in [9.17, 15) is 28.4 Å². The van der Waals surface area contributed by atoms with Crippen LogP contribution in [0.5, 0.6) is 0 Å². The number of nitrogens with one attached hydrogen (secondary N) is 1. The van der Waals surface area contributed by atoms with Crippen LogP contribution in [0.25, 0.3) is 17.2 Å². The normalized spacial score (nSPS) is 15.7. The van der Waals surface area contributed by atoms with Crippen LogP contribution in [0, 0.1) is 5.82 Å². The fourth-order valence-electron chi connectivity index (χ4n) is 3.70. The molecule has 0 aliphatic heterocycles. The van der Waals surface area contributed by atoms with E-state index >= 15 is 0 Å². The summed E-state index contributed by atoms with van der Waals surface area (Å²) >= 11 is -0.262. The Morgan fingerprint density at radius 1 is 1.18 bits per heavy atom. The van der Waals surface area contributed by atoms with Gasteiger partial charge in [-0.1, -0.05) is 17.8 Å².